The fourth-order valence-electron chi connectivity index (χ4n) is 3.50. The van der Waals surface area contributed by atoms with E-state index in [9.17, 15) is 18.0 Å². The summed E-state index contributed by atoms with van der Waals surface area (Å²) < 4.78 is 33.2. The number of aryl methyl sites for hydroxylation is 3. The van der Waals surface area contributed by atoms with Crippen molar-refractivity contribution in [1.29, 1.82) is 0 Å². The van der Waals surface area contributed by atoms with Crippen molar-refractivity contribution in [3.63, 3.8) is 0 Å². The first-order valence-corrected chi connectivity index (χ1v) is 12.8. The monoisotopic (exact) mass is 514 g/mol. The molecule has 0 spiro atoms. The number of hydrogen-bond donors (Lipinski definition) is 1. The Morgan fingerprint density at radius 1 is 0.943 bits per heavy atom. The van der Waals surface area contributed by atoms with Gasteiger partial charge < -0.3 is 10.1 Å². The van der Waals surface area contributed by atoms with Crippen LogP contribution in [0.15, 0.2) is 65.6 Å². The standard InChI is InChI=1S/C26H27ClN2O5S/c1-5-34-26(31)20-8-12-23(18(3)14-20)28-25(30)16-29(24-13-9-21(27)15-19(24)4)35(32,33)22-10-6-17(2)7-11-22/h6-15H,5,16H2,1-4H3,(H,28,30). The number of benzene rings is 3. The van der Waals surface area contributed by atoms with Crippen LogP contribution in [0.2, 0.25) is 5.02 Å². The molecule has 0 fully saturated rings. The summed E-state index contributed by atoms with van der Waals surface area (Å²) in [7, 11) is -4.06. The van der Waals surface area contributed by atoms with Crippen LogP contribution in [0.1, 0.15) is 34.0 Å². The van der Waals surface area contributed by atoms with Gasteiger partial charge in [0.15, 0.2) is 0 Å². The van der Waals surface area contributed by atoms with Crippen LogP contribution < -0.4 is 9.62 Å². The van der Waals surface area contributed by atoms with E-state index >= 15 is 0 Å². The predicted molar refractivity (Wildman–Crippen MR) is 138 cm³/mol. The van der Waals surface area contributed by atoms with Crippen LogP contribution in [-0.2, 0) is 19.6 Å². The van der Waals surface area contributed by atoms with Crippen molar-refractivity contribution in [3.05, 3.63) is 87.9 Å². The number of esters is 1. The van der Waals surface area contributed by atoms with Crippen molar-refractivity contribution in [2.24, 2.45) is 0 Å². The SMILES string of the molecule is CCOC(=O)c1ccc(NC(=O)CN(c2ccc(Cl)cc2C)S(=O)(=O)c2ccc(C)cc2)c(C)c1. The minimum atomic E-state index is -4.06. The second kappa shape index (κ2) is 10.9. The van der Waals surface area contributed by atoms with Crippen LogP contribution in [0.5, 0.6) is 0 Å². The van der Waals surface area contributed by atoms with Gasteiger partial charge in [-0.1, -0.05) is 29.3 Å². The molecule has 3 aromatic rings. The molecule has 0 bridgehead atoms. The van der Waals surface area contributed by atoms with Crippen LogP contribution in [-0.4, -0.2) is 33.4 Å². The first-order valence-electron chi connectivity index (χ1n) is 11.0. The summed E-state index contributed by atoms with van der Waals surface area (Å²) in [6.07, 6.45) is 0. The summed E-state index contributed by atoms with van der Waals surface area (Å²) in [5, 5.41) is 3.21. The number of halogens is 1. The maximum atomic E-state index is 13.6. The Bertz CT molecular complexity index is 1350. The second-order valence-corrected chi connectivity index (χ2v) is 10.4. The van der Waals surface area contributed by atoms with E-state index in [0.717, 1.165) is 9.87 Å². The molecular formula is C26H27ClN2O5S. The smallest absolute Gasteiger partial charge is 0.338 e. The Labute approximate surface area is 210 Å². The number of carbonyl (C=O) groups is 2. The molecule has 0 aromatic heterocycles. The molecule has 35 heavy (non-hydrogen) atoms. The van der Waals surface area contributed by atoms with Gasteiger partial charge in [-0.05, 0) is 87.4 Å². The van der Waals surface area contributed by atoms with Crippen molar-refractivity contribution < 1.29 is 22.7 Å². The van der Waals surface area contributed by atoms with E-state index in [0.29, 0.717) is 33.1 Å². The Balaban J connectivity index is 1.93. The number of hydrogen-bond acceptors (Lipinski definition) is 5. The summed E-state index contributed by atoms with van der Waals surface area (Å²) in [4.78, 5) is 25.1. The molecule has 0 aliphatic rings. The minimum Gasteiger partial charge on any atom is -0.462 e. The molecule has 0 unspecified atom stereocenters. The number of ether oxygens (including phenoxy) is 1. The van der Waals surface area contributed by atoms with E-state index in [-0.39, 0.29) is 11.5 Å². The van der Waals surface area contributed by atoms with Crippen molar-refractivity contribution in [3.8, 4) is 0 Å². The fraction of sp³-hybridized carbons (Fsp3) is 0.231. The van der Waals surface area contributed by atoms with Crippen molar-refractivity contribution >= 4 is 44.9 Å². The quantitative estimate of drug-likeness (QED) is 0.413. The van der Waals surface area contributed by atoms with E-state index in [1.165, 1.54) is 12.1 Å². The van der Waals surface area contributed by atoms with Gasteiger partial charge >= 0.3 is 5.97 Å². The van der Waals surface area contributed by atoms with Crippen LogP contribution in [0.25, 0.3) is 0 Å². The summed E-state index contributed by atoms with van der Waals surface area (Å²) in [5.41, 5.74) is 3.33. The maximum Gasteiger partial charge on any atom is 0.338 e. The molecule has 1 N–H and O–H groups in total. The molecule has 7 nitrogen and oxygen atoms in total. The lowest BCUT2D eigenvalue weighted by molar-refractivity contribution is -0.114. The van der Waals surface area contributed by atoms with Crippen molar-refractivity contribution in [2.45, 2.75) is 32.6 Å². The summed E-state index contributed by atoms with van der Waals surface area (Å²) in [6, 6.07) is 16.0. The lowest BCUT2D eigenvalue weighted by Gasteiger charge is -2.26. The fourth-order valence-corrected chi connectivity index (χ4v) is 5.21. The van der Waals surface area contributed by atoms with Crippen molar-refractivity contribution in [2.75, 3.05) is 22.8 Å². The minimum absolute atomic E-state index is 0.0696. The number of carbonyl (C=O) groups excluding carboxylic acids is 2. The Kier molecular flexibility index (Phi) is 8.19. The second-order valence-electron chi connectivity index (χ2n) is 8.05. The molecule has 1 amide bonds. The summed E-state index contributed by atoms with van der Waals surface area (Å²) in [5.74, 6) is -0.996. The highest BCUT2D eigenvalue weighted by molar-refractivity contribution is 7.92. The van der Waals surface area contributed by atoms with E-state index in [4.69, 9.17) is 16.3 Å². The summed E-state index contributed by atoms with van der Waals surface area (Å²) >= 11 is 6.08. The Hall–Kier alpha value is -3.36. The van der Waals surface area contributed by atoms with Gasteiger partial charge in [-0.3, -0.25) is 9.10 Å². The third kappa shape index (κ3) is 6.21. The van der Waals surface area contributed by atoms with Crippen LogP contribution in [0, 0.1) is 20.8 Å². The number of rotatable bonds is 8. The van der Waals surface area contributed by atoms with Gasteiger partial charge in [0.05, 0.1) is 22.8 Å². The molecule has 0 heterocycles. The number of nitrogens with zero attached hydrogens (tertiary/aromatic N) is 1. The zero-order valence-electron chi connectivity index (χ0n) is 20.0. The van der Waals surface area contributed by atoms with E-state index in [1.54, 1.807) is 69.3 Å². The highest BCUT2D eigenvalue weighted by Gasteiger charge is 2.28. The third-order valence-corrected chi connectivity index (χ3v) is 7.34. The molecule has 0 saturated carbocycles. The first-order chi connectivity index (χ1) is 16.5. The van der Waals surface area contributed by atoms with E-state index < -0.39 is 28.4 Å². The number of anilines is 2. The van der Waals surface area contributed by atoms with Crippen LogP contribution >= 0.6 is 11.6 Å². The van der Waals surface area contributed by atoms with Crippen molar-refractivity contribution in [1.82, 2.24) is 0 Å². The lowest BCUT2D eigenvalue weighted by atomic mass is 10.1. The molecule has 0 radical (unpaired) electrons. The van der Waals surface area contributed by atoms with Gasteiger partial charge in [0.25, 0.3) is 10.0 Å². The molecule has 0 saturated heterocycles. The Morgan fingerprint density at radius 3 is 2.23 bits per heavy atom. The first kappa shape index (κ1) is 26.2. The molecule has 9 heteroatoms. The molecular weight excluding hydrogens is 488 g/mol. The van der Waals surface area contributed by atoms with Gasteiger partial charge in [0.1, 0.15) is 6.54 Å². The predicted octanol–water partition coefficient (Wildman–Crippen LogP) is 5.28. The van der Waals surface area contributed by atoms with Gasteiger partial charge in [0.2, 0.25) is 5.91 Å². The number of nitrogens with one attached hydrogen (secondary N) is 1. The molecule has 0 aliphatic heterocycles. The van der Waals surface area contributed by atoms with E-state index in [1.807, 2.05) is 6.92 Å². The average molecular weight is 515 g/mol. The highest BCUT2D eigenvalue weighted by atomic mass is 35.5. The van der Waals surface area contributed by atoms with Gasteiger partial charge in [-0.2, -0.15) is 0 Å². The average Bonchev–Trinajstić information content (AvgIpc) is 2.79. The van der Waals surface area contributed by atoms with Crippen LogP contribution in [0.4, 0.5) is 11.4 Å². The number of amides is 1. The molecule has 3 aromatic carbocycles. The normalized spacial score (nSPS) is 11.1. The molecule has 0 aliphatic carbocycles. The van der Waals surface area contributed by atoms with Crippen LogP contribution in [0.3, 0.4) is 0 Å². The van der Waals surface area contributed by atoms with Gasteiger partial charge in [-0.15, -0.1) is 0 Å². The topological polar surface area (TPSA) is 92.8 Å². The van der Waals surface area contributed by atoms with E-state index in [2.05, 4.69) is 5.32 Å². The zero-order chi connectivity index (χ0) is 25.8. The summed E-state index contributed by atoms with van der Waals surface area (Å²) in [6.45, 7) is 6.85. The maximum absolute atomic E-state index is 13.6. The zero-order valence-corrected chi connectivity index (χ0v) is 21.5. The lowest BCUT2D eigenvalue weighted by Crippen LogP contribution is -2.38. The number of sulfonamides is 1. The third-order valence-electron chi connectivity index (χ3n) is 5.34. The van der Waals surface area contributed by atoms with Gasteiger partial charge in [-0.25, -0.2) is 13.2 Å². The molecule has 184 valence electrons. The molecule has 0 atom stereocenters. The highest BCUT2D eigenvalue weighted by Crippen LogP contribution is 2.29. The largest absolute Gasteiger partial charge is 0.462 e. The van der Waals surface area contributed by atoms with Gasteiger partial charge in [0, 0.05) is 10.7 Å². The molecule has 3 rings (SSSR count). The Morgan fingerprint density at radius 2 is 1.63 bits per heavy atom.